The fourth-order valence-electron chi connectivity index (χ4n) is 2.12. The van der Waals surface area contributed by atoms with Gasteiger partial charge in [0, 0.05) is 13.7 Å². The number of carbonyl (C=O) groups is 1. The van der Waals surface area contributed by atoms with Gasteiger partial charge in [0.15, 0.2) is 0 Å². The van der Waals surface area contributed by atoms with Gasteiger partial charge in [-0.25, -0.2) is 0 Å². The summed E-state index contributed by atoms with van der Waals surface area (Å²) in [5.74, 6) is 0.227. The van der Waals surface area contributed by atoms with Gasteiger partial charge in [-0.05, 0) is 19.8 Å². The van der Waals surface area contributed by atoms with Gasteiger partial charge in [0.2, 0.25) is 5.91 Å². The average Bonchev–Trinajstić information content (AvgIpc) is 2.57. The number of hydrogen-bond donors (Lipinski definition) is 1. The first-order valence-electron chi connectivity index (χ1n) is 6.23. The monoisotopic (exact) mass is 228 g/mol. The Morgan fingerprint density at radius 3 is 2.69 bits per heavy atom. The lowest BCUT2D eigenvalue weighted by Crippen LogP contribution is -2.41. The van der Waals surface area contributed by atoms with Crippen molar-refractivity contribution >= 4 is 5.91 Å². The van der Waals surface area contributed by atoms with Crippen molar-refractivity contribution in [1.29, 1.82) is 0 Å². The van der Waals surface area contributed by atoms with Crippen molar-refractivity contribution < 1.29 is 9.53 Å². The van der Waals surface area contributed by atoms with Crippen LogP contribution < -0.4 is 5.32 Å². The number of ether oxygens (including phenoxy) is 1. The van der Waals surface area contributed by atoms with Crippen molar-refractivity contribution in [3.8, 4) is 0 Å². The highest BCUT2D eigenvalue weighted by Crippen LogP contribution is 2.17. The quantitative estimate of drug-likeness (QED) is 0.746. The predicted molar refractivity (Wildman–Crippen MR) is 64.1 cm³/mol. The normalized spacial score (nSPS) is 27.5. The van der Waals surface area contributed by atoms with Crippen LogP contribution in [0.1, 0.15) is 40.0 Å². The number of methoxy groups -OCH3 is 1. The third kappa shape index (κ3) is 2.95. The second-order valence-corrected chi connectivity index (χ2v) is 4.47. The Kier molecular flexibility index (Phi) is 5.22. The van der Waals surface area contributed by atoms with Crippen LogP contribution in [-0.2, 0) is 9.53 Å². The first-order chi connectivity index (χ1) is 7.63. The zero-order valence-corrected chi connectivity index (χ0v) is 10.8. The van der Waals surface area contributed by atoms with Gasteiger partial charge < -0.3 is 9.64 Å². The molecule has 1 aliphatic rings. The zero-order chi connectivity index (χ0) is 12.1. The van der Waals surface area contributed by atoms with Crippen LogP contribution in [0.3, 0.4) is 0 Å². The number of nitrogens with zero attached hydrogens (tertiary/aromatic N) is 1. The van der Waals surface area contributed by atoms with E-state index in [9.17, 15) is 4.79 Å². The Hall–Kier alpha value is -0.610. The van der Waals surface area contributed by atoms with Crippen molar-refractivity contribution in [3.63, 3.8) is 0 Å². The number of rotatable bonds is 6. The fourth-order valence-corrected chi connectivity index (χ4v) is 2.12. The molecular weight excluding hydrogens is 204 g/mol. The Bertz CT molecular complexity index is 233. The minimum absolute atomic E-state index is 0.000561. The smallest absolute Gasteiger partial charge is 0.241 e. The van der Waals surface area contributed by atoms with E-state index in [1.807, 2.05) is 18.7 Å². The van der Waals surface area contributed by atoms with E-state index < -0.39 is 0 Å². The van der Waals surface area contributed by atoms with E-state index >= 15 is 0 Å². The molecule has 0 aromatic carbocycles. The highest BCUT2D eigenvalue weighted by molar-refractivity contribution is 5.84. The molecule has 94 valence electrons. The number of carbonyl (C=O) groups excluding carboxylic acids is 1. The molecule has 0 aromatic heterocycles. The molecule has 0 aromatic rings. The van der Waals surface area contributed by atoms with Gasteiger partial charge in [-0.3, -0.25) is 10.1 Å². The van der Waals surface area contributed by atoms with Crippen LogP contribution in [0.2, 0.25) is 0 Å². The maximum absolute atomic E-state index is 12.1. The van der Waals surface area contributed by atoms with E-state index in [4.69, 9.17) is 4.74 Å². The second-order valence-electron chi connectivity index (χ2n) is 4.47. The summed E-state index contributed by atoms with van der Waals surface area (Å²) in [5, 5.41) is 3.39. The lowest BCUT2D eigenvalue weighted by molar-refractivity contribution is -0.131. The lowest BCUT2D eigenvalue weighted by atomic mass is 10.2. The summed E-state index contributed by atoms with van der Waals surface area (Å²) in [6.07, 6.45) is 3.25. The van der Waals surface area contributed by atoms with Crippen molar-refractivity contribution in [2.45, 2.75) is 58.3 Å². The van der Waals surface area contributed by atoms with Crippen molar-refractivity contribution in [2.24, 2.45) is 0 Å². The fraction of sp³-hybridized carbons (Fsp3) is 0.917. The van der Waals surface area contributed by atoms with E-state index in [1.54, 1.807) is 7.11 Å². The van der Waals surface area contributed by atoms with Crippen molar-refractivity contribution in [2.75, 3.05) is 13.7 Å². The van der Waals surface area contributed by atoms with Gasteiger partial charge >= 0.3 is 0 Å². The number of hydrogen-bond acceptors (Lipinski definition) is 3. The zero-order valence-electron chi connectivity index (χ0n) is 10.8. The maximum Gasteiger partial charge on any atom is 0.241 e. The minimum atomic E-state index is 0.000561. The molecule has 0 spiro atoms. The third-order valence-corrected chi connectivity index (χ3v) is 3.18. The van der Waals surface area contributed by atoms with Crippen LogP contribution in [0, 0.1) is 0 Å². The molecule has 1 rings (SSSR count). The number of nitrogens with one attached hydrogen (secondary N) is 1. The van der Waals surface area contributed by atoms with E-state index in [0.29, 0.717) is 6.54 Å². The van der Waals surface area contributed by atoms with Crippen molar-refractivity contribution in [3.05, 3.63) is 0 Å². The first kappa shape index (κ1) is 13.5. The van der Waals surface area contributed by atoms with Gasteiger partial charge in [0.25, 0.3) is 0 Å². The van der Waals surface area contributed by atoms with Crippen LogP contribution in [0.5, 0.6) is 0 Å². The lowest BCUT2D eigenvalue weighted by Gasteiger charge is -2.26. The Morgan fingerprint density at radius 2 is 2.19 bits per heavy atom. The van der Waals surface area contributed by atoms with E-state index in [2.05, 4.69) is 12.2 Å². The van der Waals surface area contributed by atoms with Gasteiger partial charge in [-0.1, -0.05) is 20.3 Å². The molecule has 0 aliphatic carbocycles. The second kappa shape index (κ2) is 6.21. The Labute approximate surface area is 98.3 Å². The molecule has 3 atom stereocenters. The largest absolute Gasteiger partial charge is 0.380 e. The molecular formula is C12H24N2O2. The molecule has 16 heavy (non-hydrogen) atoms. The summed E-state index contributed by atoms with van der Waals surface area (Å²) in [4.78, 5) is 14.0. The highest BCUT2D eigenvalue weighted by atomic mass is 16.5. The van der Waals surface area contributed by atoms with E-state index in [1.165, 1.54) is 0 Å². The average molecular weight is 228 g/mol. The molecule has 4 nitrogen and oxygen atoms in total. The summed E-state index contributed by atoms with van der Waals surface area (Å²) in [6, 6.07) is 0.000561. The van der Waals surface area contributed by atoms with E-state index in [0.717, 1.165) is 19.3 Å². The van der Waals surface area contributed by atoms with E-state index in [-0.39, 0.29) is 24.2 Å². The Morgan fingerprint density at radius 1 is 1.50 bits per heavy atom. The number of amides is 1. The SMILES string of the molecule is CCCC1NC(CC)C(=O)N1CC(C)OC. The standard InChI is InChI=1S/C12H24N2O2/c1-5-7-11-13-10(6-2)12(15)14(11)8-9(3)16-4/h9-11,13H,5-8H2,1-4H3. The summed E-state index contributed by atoms with van der Waals surface area (Å²) >= 11 is 0. The maximum atomic E-state index is 12.1. The minimum Gasteiger partial charge on any atom is -0.380 e. The molecule has 1 amide bonds. The van der Waals surface area contributed by atoms with Gasteiger partial charge in [-0.2, -0.15) is 0 Å². The summed E-state index contributed by atoms with van der Waals surface area (Å²) in [7, 11) is 1.69. The van der Waals surface area contributed by atoms with Crippen LogP contribution in [-0.4, -0.2) is 42.8 Å². The summed E-state index contributed by atoms with van der Waals surface area (Å²) in [5.41, 5.74) is 0. The molecule has 1 N–H and O–H groups in total. The van der Waals surface area contributed by atoms with Crippen LogP contribution in [0.25, 0.3) is 0 Å². The molecule has 4 heteroatoms. The molecule has 1 aliphatic heterocycles. The molecule has 0 saturated carbocycles. The predicted octanol–water partition coefficient (Wildman–Crippen LogP) is 1.36. The molecule has 1 saturated heterocycles. The first-order valence-corrected chi connectivity index (χ1v) is 6.23. The molecule has 0 radical (unpaired) electrons. The van der Waals surface area contributed by atoms with Gasteiger partial charge in [0.05, 0.1) is 18.3 Å². The summed E-state index contributed by atoms with van der Waals surface area (Å²) < 4.78 is 5.23. The Balaban J connectivity index is 2.64. The molecule has 0 bridgehead atoms. The van der Waals surface area contributed by atoms with Crippen molar-refractivity contribution in [1.82, 2.24) is 10.2 Å². The third-order valence-electron chi connectivity index (χ3n) is 3.18. The highest BCUT2D eigenvalue weighted by Gasteiger charge is 2.37. The van der Waals surface area contributed by atoms with Crippen LogP contribution >= 0.6 is 0 Å². The van der Waals surface area contributed by atoms with Gasteiger partial charge in [-0.15, -0.1) is 0 Å². The molecule has 1 heterocycles. The van der Waals surface area contributed by atoms with Gasteiger partial charge in [0.1, 0.15) is 0 Å². The van der Waals surface area contributed by atoms with Crippen LogP contribution in [0.15, 0.2) is 0 Å². The van der Waals surface area contributed by atoms with Crippen LogP contribution in [0.4, 0.5) is 0 Å². The molecule has 1 fully saturated rings. The summed E-state index contributed by atoms with van der Waals surface area (Å²) in [6.45, 7) is 6.87. The topological polar surface area (TPSA) is 41.6 Å². The molecule has 3 unspecified atom stereocenters.